The number of aryl methyl sites for hydroxylation is 1. The van der Waals surface area contributed by atoms with Crippen molar-refractivity contribution in [2.24, 2.45) is 0 Å². The summed E-state index contributed by atoms with van der Waals surface area (Å²) in [7, 11) is 4.07. The number of nitrogens with zero attached hydrogens (tertiary/aromatic N) is 1. The Hall–Kier alpha value is -2.28. The van der Waals surface area contributed by atoms with Crippen LogP contribution in [0.5, 0.6) is 11.5 Å². The molecule has 0 fully saturated rings. The highest BCUT2D eigenvalue weighted by Crippen LogP contribution is 2.36. The van der Waals surface area contributed by atoms with Crippen molar-refractivity contribution >= 4 is 23.2 Å². The number of hydrogen-bond acceptors (Lipinski definition) is 5. The summed E-state index contributed by atoms with van der Waals surface area (Å²) in [4.78, 5) is 14.3. The lowest BCUT2D eigenvalue weighted by atomic mass is 10.2. The van der Waals surface area contributed by atoms with Crippen LogP contribution in [0.1, 0.15) is 18.1 Å². The van der Waals surface area contributed by atoms with Crippen LogP contribution in [0.4, 0.5) is 5.69 Å². The largest absolute Gasteiger partial charge is 0.490 e. The average Bonchev–Trinajstić information content (AvgIpc) is 2.66. The summed E-state index contributed by atoms with van der Waals surface area (Å²) < 4.78 is 11.4. The van der Waals surface area contributed by atoms with Crippen molar-refractivity contribution in [2.75, 3.05) is 45.7 Å². The Bertz CT molecular complexity index is 795. The fraction of sp³-hybridized carbons (Fsp3) is 0.409. The van der Waals surface area contributed by atoms with Gasteiger partial charge in [0, 0.05) is 25.3 Å². The van der Waals surface area contributed by atoms with Crippen LogP contribution in [0.3, 0.4) is 0 Å². The predicted octanol–water partition coefficient (Wildman–Crippen LogP) is 3.72. The topological polar surface area (TPSA) is 62.8 Å². The van der Waals surface area contributed by atoms with E-state index < -0.39 is 0 Å². The van der Waals surface area contributed by atoms with E-state index in [2.05, 4.69) is 15.5 Å². The molecule has 158 valence electrons. The Morgan fingerprint density at radius 1 is 1.14 bits per heavy atom. The van der Waals surface area contributed by atoms with Gasteiger partial charge in [-0.25, -0.2) is 0 Å². The van der Waals surface area contributed by atoms with E-state index in [1.807, 2.05) is 64.3 Å². The maximum absolute atomic E-state index is 12.2. The normalized spacial score (nSPS) is 10.8. The highest BCUT2D eigenvalue weighted by atomic mass is 35.5. The smallest absolute Gasteiger partial charge is 0.262 e. The van der Waals surface area contributed by atoms with E-state index in [1.54, 1.807) is 0 Å². The van der Waals surface area contributed by atoms with Gasteiger partial charge >= 0.3 is 0 Å². The zero-order valence-electron chi connectivity index (χ0n) is 17.5. The molecule has 2 aromatic rings. The van der Waals surface area contributed by atoms with Crippen molar-refractivity contribution in [1.29, 1.82) is 0 Å². The van der Waals surface area contributed by atoms with Crippen LogP contribution in [-0.2, 0) is 11.3 Å². The fourth-order valence-electron chi connectivity index (χ4n) is 2.63. The second-order valence-corrected chi connectivity index (χ2v) is 7.43. The van der Waals surface area contributed by atoms with Crippen molar-refractivity contribution in [1.82, 2.24) is 10.2 Å². The predicted molar refractivity (Wildman–Crippen MR) is 118 cm³/mol. The monoisotopic (exact) mass is 419 g/mol. The fourth-order valence-corrected chi connectivity index (χ4v) is 2.92. The minimum absolute atomic E-state index is 0.159. The number of carbonyl (C=O) groups is 1. The zero-order valence-corrected chi connectivity index (χ0v) is 18.3. The molecule has 0 aliphatic rings. The van der Waals surface area contributed by atoms with Gasteiger partial charge in [-0.05, 0) is 57.8 Å². The molecule has 6 nitrogen and oxygen atoms in total. The highest BCUT2D eigenvalue weighted by Gasteiger charge is 2.14. The number of ether oxygens (including phenoxy) is 2. The molecular weight excluding hydrogens is 390 g/mol. The summed E-state index contributed by atoms with van der Waals surface area (Å²) in [6.45, 7) is 6.68. The van der Waals surface area contributed by atoms with Crippen LogP contribution >= 0.6 is 11.6 Å². The summed E-state index contributed by atoms with van der Waals surface area (Å²) in [5.41, 5.74) is 2.84. The number of nitrogens with one attached hydrogen (secondary N) is 2. The first-order valence-electron chi connectivity index (χ1n) is 9.69. The maximum Gasteiger partial charge on any atom is 0.262 e. The zero-order chi connectivity index (χ0) is 21.2. The van der Waals surface area contributed by atoms with Gasteiger partial charge in [-0.3, -0.25) is 4.79 Å². The van der Waals surface area contributed by atoms with Crippen LogP contribution in [0, 0.1) is 6.92 Å². The summed E-state index contributed by atoms with van der Waals surface area (Å²) in [5.74, 6) is 0.652. The van der Waals surface area contributed by atoms with E-state index in [0.717, 1.165) is 29.9 Å². The van der Waals surface area contributed by atoms with Crippen molar-refractivity contribution < 1.29 is 14.3 Å². The maximum atomic E-state index is 12.2. The minimum Gasteiger partial charge on any atom is -0.490 e. The number of likely N-dealkylation sites (N-methyl/N-ethyl adjacent to an activating group) is 1. The third kappa shape index (κ3) is 7.93. The molecule has 0 heterocycles. The van der Waals surface area contributed by atoms with Crippen molar-refractivity contribution in [3.8, 4) is 11.5 Å². The van der Waals surface area contributed by atoms with Gasteiger partial charge in [-0.2, -0.15) is 0 Å². The third-order valence-corrected chi connectivity index (χ3v) is 4.40. The van der Waals surface area contributed by atoms with E-state index in [4.69, 9.17) is 21.1 Å². The molecule has 2 rings (SSSR count). The highest BCUT2D eigenvalue weighted by molar-refractivity contribution is 6.32. The quantitative estimate of drug-likeness (QED) is 0.543. The molecule has 0 aliphatic carbocycles. The molecule has 29 heavy (non-hydrogen) atoms. The van der Waals surface area contributed by atoms with Gasteiger partial charge in [-0.15, -0.1) is 0 Å². The number of carbonyl (C=O) groups excluding carboxylic acids is 1. The number of benzene rings is 2. The van der Waals surface area contributed by atoms with Crippen molar-refractivity contribution in [3.63, 3.8) is 0 Å². The van der Waals surface area contributed by atoms with Gasteiger partial charge in [-0.1, -0.05) is 29.3 Å². The van der Waals surface area contributed by atoms with Crippen LogP contribution in [0.2, 0.25) is 5.02 Å². The molecule has 0 atom stereocenters. The number of anilines is 1. The summed E-state index contributed by atoms with van der Waals surface area (Å²) in [5, 5.41) is 6.59. The lowest BCUT2D eigenvalue weighted by molar-refractivity contribution is -0.118. The van der Waals surface area contributed by atoms with Gasteiger partial charge in [0.15, 0.2) is 18.1 Å². The Morgan fingerprint density at radius 3 is 2.52 bits per heavy atom. The lowest BCUT2D eigenvalue weighted by Gasteiger charge is -2.16. The molecule has 0 saturated heterocycles. The Labute approximate surface area is 178 Å². The molecule has 0 aromatic heterocycles. The summed E-state index contributed by atoms with van der Waals surface area (Å²) in [6.07, 6.45) is 0. The van der Waals surface area contributed by atoms with Gasteiger partial charge in [0.05, 0.1) is 11.6 Å². The van der Waals surface area contributed by atoms with E-state index in [-0.39, 0.29) is 12.5 Å². The number of rotatable bonds is 11. The summed E-state index contributed by atoms with van der Waals surface area (Å²) >= 11 is 6.42. The standard InChI is InChI=1S/C22H30ClN3O3/c1-5-28-20-13-17(14-24-10-11-26(3)4)12-19(23)22(20)29-15-21(27)25-18-8-6-16(2)7-9-18/h6-9,12-13,24H,5,10-11,14-15H2,1-4H3,(H,25,27). The molecule has 0 aliphatic heterocycles. The Morgan fingerprint density at radius 2 is 1.86 bits per heavy atom. The van der Waals surface area contributed by atoms with Gasteiger partial charge in [0.25, 0.3) is 5.91 Å². The lowest BCUT2D eigenvalue weighted by Crippen LogP contribution is -2.26. The van der Waals surface area contributed by atoms with Crippen molar-refractivity contribution in [2.45, 2.75) is 20.4 Å². The molecule has 7 heteroatoms. The second-order valence-electron chi connectivity index (χ2n) is 7.02. The van der Waals surface area contributed by atoms with Crippen LogP contribution in [0.15, 0.2) is 36.4 Å². The number of amides is 1. The molecule has 0 bridgehead atoms. The first-order valence-corrected chi connectivity index (χ1v) is 10.1. The van der Waals surface area contributed by atoms with Crippen molar-refractivity contribution in [3.05, 3.63) is 52.5 Å². The molecule has 0 radical (unpaired) electrons. The average molecular weight is 420 g/mol. The second kappa shape index (κ2) is 11.7. The van der Waals surface area contributed by atoms with E-state index in [1.165, 1.54) is 0 Å². The summed E-state index contributed by atoms with van der Waals surface area (Å²) in [6, 6.07) is 11.3. The minimum atomic E-state index is -0.262. The van der Waals surface area contributed by atoms with Gasteiger partial charge < -0.3 is 25.0 Å². The molecule has 0 unspecified atom stereocenters. The van der Waals surface area contributed by atoms with E-state index >= 15 is 0 Å². The first-order chi connectivity index (χ1) is 13.9. The Balaban J connectivity index is 1.98. The van der Waals surface area contributed by atoms with E-state index in [9.17, 15) is 4.79 Å². The van der Waals surface area contributed by atoms with Gasteiger partial charge in [0.1, 0.15) is 0 Å². The molecule has 2 aromatic carbocycles. The Kier molecular flexibility index (Phi) is 9.25. The number of halogens is 1. The third-order valence-electron chi connectivity index (χ3n) is 4.12. The molecular formula is C22H30ClN3O3. The number of hydrogen-bond donors (Lipinski definition) is 2. The first kappa shape index (κ1) is 23.0. The molecule has 2 N–H and O–H groups in total. The van der Waals surface area contributed by atoms with E-state index in [0.29, 0.717) is 29.7 Å². The van der Waals surface area contributed by atoms with Gasteiger partial charge in [0.2, 0.25) is 0 Å². The molecule has 0 spiro atoms. The molecule has 0 saturated carbocycles. The van der Waals surface area contributed by atoms with Crippen LogP contribution in [-0.4, -0.2) is 51.2 Å². The molecule has 1 amide bonds. The van der Waals surface area contributed by atoms with Crippen LogP contribution in [0.25, 0.3) is 0 Å². The SMILES string of the molecule is CCOc1cc(CNCCN(C)C)cc(Cl)c1OCC(=O)Nc1ccc(C)cc1. The van der Waals surface area contributed by atoms with Crippen LogP contribution < -0.4 is 20.1 Å².